The minimum atomic E-state index is -3.13. The van der Waals surface area contributed by atoms with Crippen molar-refractivity contribution in [1.29, 1.82) is 0 Å². The van der Waals surface area contributed by atoms with Crippen LogP contribution in [0.1, 0.15) is 26.4 Å². The fraction of sp³-hybridized carbons (Fsp3) is 0.111. The Morgan fingerprint density at radius 3 is 2.36 bits per heavy atom. The highest BCUT2D eigenvalue weighted by Gasteiger charge is 2.35. The van der Waals surface area contributed by atoms with Crippen molar-refractivity contribution in [2.45, 2.75) is 13.2 Å². The molecule has 0 radical (unpaired) electrons. The molecule has 2 amide bonds. The van der Waals surface area contributed by atoms with Gasteiger partial charge >= 0.3 is 6.61 Å². The Morgan fingerprint density at radius 1 is 1.11 bits per heavy atom. The molecule has 1 aliphatic rings. The third-order valence-corrected chi connectivity index (χ3v) is 4.76. The molecule has 3 aromatic rings. The van der Waals surface area contributed by atoms with Gasteiger partial charge in [-0.3, -0.25) is 19.3 Å². The number of aromatic amines is 1. The number of ether oxygens (including phenoxy) is 1. The van der Waals surface area contributed by atoms with Crippen LogP contribution in [0.3, 0.4) is 0 Å². The standard InChI is InChI=1S/C18H10BrF2N3O4/c19-8-5-11-12(22-23-15(25)14(11)13(6-8)28-18(20)21)7-24-16(26)9-3-1-2-4-10(9)17(24)27/h1-6,18H,7H2,(H,23,25). The fourth-order valence-corrected chi connectivity index (χ4v) is 3.56. The van der Waals surface area contributed by atoms with Crippen LogP contribution < -0.4 is 10.3 Å². The summed E-state index contributed by atoms with van der Waals surface area (Å²) in [7, 11) is 0. The molecule has 0 bridgehead atoms. The van der Waals surface area contributed by atoms with E-state index < -0.39 is 24.0 Å². The van der Waals surface area contributed by atoms with Crippen molar-refractivity contribution in [2.24, 2.45) is 0 Å². The lowest BCUT2D eigenvalue weighted by atomic mass is 10.1. The highest BCUT2D eigenvalue weighted by atomic mass is 79.9. The maximum absolute atomic E-state index is 12.7. The molecule has 0 unspecified atom stereocenters. The normalized spacial score (nSPS) is 13.5. The number of hydrogen-bond donors (Lipinski definition) is 1. The number of carbonyl (C=O) groups excluding carboxylic acids is 2. The van der Waals surface area contributed by atoms with Crippen LogP contribution in [0.4, 0.5) is 8.78 Å². The van der Waals surface area contributed by atoms with Crippen LogP contribution in [0.15, 0.2) is 45.7 Å². The Morgan fingerprint density at radius 2 is 1.75 bits per heavy atom. The maximum Gasteiger partial charge on any atom is 0.387 e. The summed E-state index contributed by atoms with van der Waals surface area (Å²) in [6.45, 7) is -3.38. The van der Waals surface area contributed by atoms with Crippen LogP contribution in [0.25, 0.3) is 10.8 Å². The SMILES string of the molecule is O=C1c2ccccc2C(=O)N1Cc1n[nH]c(=O)c2c(OC(F)F)cc(Br)cc12. The van der Waals surface area contributed by atoms with Crippen LogP contribution in [0.5, 0.6) is 5.75 Å². The number of halogens is 3. The van der Waals surface area contributed by atoms with Gasteiger partial charge in [0.25, 0.3) is 17.4 Å². The molecule has 2 heterocycles. The van der Waals surface area contributed by atoms with Gasteiger partial charge in [-0.2, -0.15) is 13.9 Å². The summed E-state index contributed by atoms with van der Waals surface area (Å²) in [5.41, 5.74) is -0.0398. The minimum Gasteiger partial charge on any atom is -0.434 e. The summed E-state index contributed by atoms with van der Waals surface area (Å²) in [6, 6.07) is 9.09. The molecule has 4 rings (SSSR count). The van der Waals surface area contributed by atoms with Gasteiger partial charge in [-0.05, 0) is 24.3 Å². The smallest absolute Gasteiger partial charge is 0.387 e. The number of hydrogen-bond acceptors (Lipinski definition) is 5. The highest BCUT2D eigenvalue weighted by Crippen LogP contribution is 2.31. The van der Waals surface area contributed by atoms with Crippen LogP contribution in [0.2, 0.25) is 0 Å². The first-order chi connectivity index (χ1) is 13.4. The van der Waals surface area contributed by atoms with E-state index in [0.717, 1.165) is 4.90 Å². The molecule has 0 saturated carbocycles. The van der Waals surface area contributed by atoms with Crippen LogP contribution >= 0.6 is 15.9 Å². The molecule has 1 aliphatic heterocycles. The quantitative estimate of drug-likeness (QED) is 0.617. The highest BCUT2D eigenvalue weighted by molar-refractivity contribution is 9.10. The molecule has 0 spiro atoms. The zero-order valence-electron chi connectivity index (χ0n) is 13.9. The van der Waals surface area contributed by atoms with Gasteiger partial charge in [0.1, 0.15) is 5.75 Å². The average molecular weight is 450 g/mol. The van der Waals surface area contributed by atoms with E-state index in [0.29, 0.717) is 4.47 Å². The fourth-order valence-electron chi connectivity index (χ4n) is 3.12. The van der Waals surface area contributed by atoms with Gasteiger partial charge in [-0.1, -0.05) is 28.1 Å². The van der Waals surface area contributed by atoms with E-state index in [2.05, 4.69) is 30.9 Å². The Hall–Kier alpha value is -3.14. The van der Waals surface area contributed by atoms with Gasteiger partial charge in [0.05, 0.1) is 28.8 Å². The Bertz CT molecular complexity index is 1160. The lowest BCUT2D eigenvalue weighted by molar-refractivity contribution is -0.0488. The summed E-state index contributed by atoms with van der Waals surface area (Å²) in [5.74, 6) is -1.34. The predicted octanol–water partition coefficient (Wildman–Crippen LogP) is 3.08. The number of carbonyl (C=O) groups is 2. The van der Waals surface area contributed by atoms with Crippen molar-refractivity contribution >= 4 is 38.5 Å². The zero-order valence-corrected chi connectivity index (χ0v) is 15.5. The third kappa shape index (κ3) is 2.95. The van der Waals surface area contributed by atoms with Crippen molar-refractivity contribution < 1.29 is 23.1 Å². The van der Waals surface area contributed by atoms with E-state index in [1.807, 2.05) is 0 Å². The second-order valence-corrected chi connectivity index (χ2v) is 6.86. The molecule has 0 atom stereocenters. The first kappa shape index (κ1) is 18.2. The van der Waals surface area contributed by atoms with Gasteiger partial charge in [0.15, 0.2) is 0 Å². The average Bonchev–Trinajstić information content (AvgIpc) is 2.88. The topological polar surface area (TPSA) is 92.4 Å². The number of nitrogens with one attached hydrogen (secondary N) is 1. The van der Waals surface area contributed by atoms with Crippen LogP contribution in [-0.4, -0.2) is 33.5 Å². The molecule has 7 nitrogen and oxygen atoms in total. The van der Waals surface area contributed by atoms with E-state index in [1.54, 1.807) is 24.3 Å². The molecule has 10 heteroatoms. The number of amides is 2. The van der Waals surface area contributed by atoms with Gasteiger partial charge < -0.3 is 4.74 Å². The number of fused-ring (bicyclic) bond motifs is 2. The predicted molar refractivity (Wildman–Crippen MR) is 97.3 cm³/mol. The molecule has 142 valence electrons. The van der Waals surface area contributed by atoms with E-state index >= 15 is 0 Å². The van der Waals surface area contributed by atoms with E-state index in [1.165, 1.54) is 12.1 Å². The molecule has 0 saturated heterocycles. The number of rotatable bonds is 4. The number of alkyl halides is 2. The molecule has 0 aliphatic carbocycles. The van der Waals surface area contributed by atoms with Gasteiger partial charge in [-0.15, -0.1) is 0 Å². The lowest BCUT2D eigenvalue weighted by Crippen LogP contribution is -2.30. The summed E-state index contributed by atoms with van der Waals surface area (Å²) in [4.78, 5) is 38.3. The molecule has 2 aromatic carbocycles. The van der Waals surface area contributed by atoms with Crippen LogP contribution in [-0.2, 0) is 6.54 Å². The maximum atomic E-state index is 12.7. The van der Waals surface area contributed by atoms with Gasteiger partial charge in [0, 0.05) is 9.86 Å². The van der Waals surface area contributed by atoms with Gasteiger partial charge in [0.2, 0.25) is 0 Å². The van der Waals surface area contributed by atoms with Crippen LogP contribution in [0, 0.1) is 0 Å². The molecular weight excluding hydrogens is 440 g/mol. The zero-order chi connectivity index (χ0) is 20.0. The second-order valence-electron chi connectivity index (χ2n) is 5.95. The van der Waals surface area contributed by atoms with Gasteiger partial charge in [-0.25, -0.2) is 5.10 Å². The number of benzene rings is 2. The molecule has 1 N–H and O–H groups in total. The Balaban J connectivity index is 1.82. The molecule has 0 fully saturated rings. The van der Waals surface area contributed by atoms with Crippen molar-refractivity contribution in [3.8, 4) is 5.75 Å². The van der Waals surface area contributed by atoms with Crippen molar-refractivity contribution in [3.05, 3.63) is 68.0 Å². The largest absolute Gasteiger partial charge is 0.434 e. The number of aromatic nitrogens is 2. The molecule has 28 heavy (non-hydrogen) atoms. The third-order valence-electron chi connectivity index (χ3n) is 4.30. The summed E-state index contributed by atoms with van der Waals surface area (Å²) in [5, 5.41) is 6.16. The van der Waals surface area contributed by atoms with E-state index in [4.69, 9.17) is 0 Å². The molecule has 1 aromatic heterocycles. The molecular formula is C18H10BrF2N3O4. The monoisotopic (exact) mass is 449 g/mol. The summed E-state index contributed by atoms with van der Waals surface area (Å²) >= 11 is 3.18. The Labute approximate surface area is 164 Å². The second kappa shape index (κ2) is 6.79. The first-order valence-electron chi connectivity index (χ1n) is 7.97. The number of nitrogens with zero attached hydrogens (tertiary/aromatic N) is 2. The first-order valence-corrected chi connectivity index (χ1v) is 8.77. The summed E-state index contributed by atoms with van der Waals surface area (Å²) < 4.78 is 30.3. The Kier molecular flexibility index (Phi) is 4.42. The van der Waals surface area contributed by atoms with E-state index in [-0.39, 0.29) is 39.9 Å². The lowest BCUT2D eigenvalue weighted by Gasteiger charge is -2.15. The number of H-pyrrole nitrogens is 1. The van der Waals surface area contributed by atoms with Crippen molar-refractivity contribution in [2.75, 3.05) is 0 Å². The number of imide groups is 1. The van der Waals surface area contributed by atoms with Crippen molar-refractivity contribution in [3.63, 3.8) is 0 Å². The van der Waals surface area contributed by atoms with E-state index in [9.17, 15) is 23.2 Å². The van der Waals surface area contributed by atoms with Crippen molar-refractivity contribution in [1.82, 2.24) is 15.1 Å². The summed E-state index contributed by atoms with van der Waals surface area (Å²) in [6.07, 6.45) is 0. The minimum absolute atomic E-state index is 0.148.